The van der Waals surface area contributed by atoms with Crippen LogP contribution in [0.3, 0.4) is 0 Å². The van der Waals surface area contributed by atoms with Crippen LogP contribution in [0.4, 0.5) is 21.9 Å². The zero-order valence-electron chi connectivity index (χ0n) is 12.4. The number of aromatic nitrogens is 2. The predicted molar refractivity (Wildman–Crippen MR) is 89.5 cm³/mol. The summed E-state index contributed by atoms with van der Waals surface area (Å²) >= 11 is 0. The summed E-state index contributed by atoms with van der Waals surface area (Å²) in [5.41, 5.74) is 2.69. The highest BCUT2D eigenvalue weighted by molar-refractivity contribution is 6.01. The molecule has 0 spiro atoms. The van der Waals surface area contributed by atoms with Gasteiger partial charge in [-0.2, -0.15) is 5.10 Å². The van der Waals surface area contributed by atoms with Crippen molar-refractivity contribution >= 4 is 39.9 Å². The Morgan fingerprint density at radius 3 is 2.39 bits per heavy atom. The number of fused-ring (bicyclic) bond motifs is 1. The molecule has 2 aromatic carbocycles. The summed E-state index contributed by atoms with van der Waals surface area (Å²) in [5, 5.41) is 15.9. The zero-order chi connectivity index (χ0) is 16.2. The van der Waals surface area contributed by atoms with E-state index >= 15 is 0 Å². The molecule has 0 aliphatic carbocycles. The van der Waals surface area contributed by atoms with E-state index in [-0.39, 0.29) is 11.9 Å². The molecule has 0 saturated carbocycles. The number of anilines is 3. The van der Waals surface area contributed by atoms with E-state index in [2.05, 4.69) is 26.1 Å². The first-order valence-corrected chi connectivity index (χ1v) is 6.99. The number of benzene rings is 2. The molecule has 1 aromatic heterocycles. The Morgan fingerprint density at radius 1 is 0.957 bits per heavy atom. The second kappa shape index (κ2) is 6.18. The summed E-state index contributed by atoms with van der Waals surface area (Å²) < 4.78 is 0. The van der Waals surface area contributed by atoms with Gasteiger partial charge in [0.25, 0.3) is 0 Å². The van der Waals surface area contributed by atoms with E-state index in [1.165, 1.54) is 6.92 Å². The van der Waals surface area contributed by atoms with Crippen molar-refractivity contribution in [2.24, 2.45) is 0 Å². The van der Waals surface area contributed by atoms with Crippen molar-refractivity contribution < 1.29 is 9.59 Å². The van der Waals surface area contributed by atoms with Crippen LogP contribution in [-0.4, -0.2) is 22.1 Å². The Kier molecular flexibility index (Phi) is 3.92. The molecular formula is C16H15N5O2. The van der Waals surface area contributed by atoms with Crippen molar-refractivity contribution in [1.29, 1.82) is 0 Å². The molecule has 3 amide bonds. The van der Waals surface area contributed by atoms with E-state index in [1.54, 1.807) is 42.6 Å². The molecule has 0 fully saturated rings. The summed E-state index contributed by atoms with van der Waals surface area (Å²) in [6.45, 7) is 1.43. The number of nitrogens with zero attached hydrogens (tertiary/aromatic N) is 1. The van der Waals surface area contributed by atoms with Crippen molar-refractivity contribution in [3.05, 3.63) is 48.7 Å². The number of carbonyl (C=O) groups excluding carboxylic acids is 2. The lowest BCUT2D eigenvalue weighted by Gasteiger charge is -2.09. The second-order valence-electron chi connectivity index (χ2n) is 5.01. The van der Waals surface area contributed by atoms with Gasteiger partial charge in [0.15, 0.2) is 0 Å². The number of nitrogens with one attached hydrogen (secondary N) is 4. The normalized spacial score (nSPS) is 10.3. The molecular weight excluding hydrogens is 294 g/mol. The number of carbonyl (C=O) groups is 2. The van der Waals surface area contributed by atoms with E-state index in [4.69, 9.17) is 0 Å². The number of urea groups is 1. The molecule has 0 unspecified atom stereocenters. The second-order valence-corrected chi connectivity index (χ2v) is 5.01. The summed E-state index contributed by atoms with van der Waals surface area (Å²) in [6.07, 6.45) is 1.71. The molecule has 3 rings (SSSR count). The quantitative estimate of drug-likeness (QED) is 0.598. The molecule has 23 heavy (non-hydrogen) atoms. The van der Waals surface area contributed by atoms with E-state index < -0.39 is 0 Å². The summed E-state index contributed by atoms with van der Waals surface area (Å²) in [4.78, 5) is 23.1. The number of hydrogen-bond donors (Lipinski definition) is 4. The molecule has 0 atom stereocenters. The molecule has 4 N–H and O–H groups in total. The van der Waals surface area contributed by atoms with Gasteiger partial charge in [-0.1, -0.05) is 6.07 Å². The fourth-order valence-electron chi connectivity index (χ4n) is 2.19. The predicted octanol–water partition coefficient (Wildman–Crippen LogP) is 3.17. The molecule has 3 aromatic rings. The van der Waals surface area contributed by atoms with Crippen LogP contribution in [0.5, 0.6) is 0 Å². The molecule has 7 nitrogen and oxygen atoms in total. The van der Waals surface area contributed by atoms with Crippen LogP contribution in [0.2, 0.25) is 0 Å². The first-order valence-electron chi connectivity index (χ1n) is 6.99. The molecule has 0 aliphatic rings. The molecule has 7 heteroatoms. The van der Waals surface area contributed by atoms with E-state index in [1.807, 2.05) is 6.07 Å². The standard InChI is InChI=1S/C16H15N5O2/c1-10(22)18-12-3-2-4-13(7-12)19-16(23)20-14-6-5-11-9-17-21-15(11)8-14/h2-9H,1H3,(H,17,21)(H,18,22)(H2,19,20,23). The smallest absolute Gasteiger partial charge is 0.323 e. The highest BCUT2D eigenvalue weighted by Crippen LogP contribution is 2.18. The van der Waals surface area contributed by atoms with Gasteiger partial charge in [-0.25, -0.2) is 4.79 Å². The average molecular weight is 309 g/mol. The van der Waals surface area contributed by atoms with Gasteiger partial charge in [0.2, 0.25) is 5.91 Å². The van der Waals surface area contributed by atoms with Gasteiger partial charge in [0.05, 0.1) is 11.7 Å². The van der Waals surface area contributed by atoms with Crippen molar-refractivity contribution in [3.63, 3.8) is 0 Å². The zero-order valence-corrected chi connectivity index (χ0v) is 12.4. The number of H-pyrrole nitrogens is 1. The lowest BCUT2D eigenvalue weighted by Crippen LogP contribution is -2.19. The minimum Gasteiger partial charge on any atom is -0.326 e. The van der Waals surface area contributed by atoms with Crippen molar-refractivity contribution in [2.75, 3.05) is 16.0 Å². The van der Waals surface area contributed by atoms with Crippen molar-refractivity contribution in [2.45, 2.75) is 6.92 Å². The largest absolute Gasteiger partial charge is 0.326 e. The van der Waals surface area contributed by atoms with E-state index in [0.29, 0.717) is 17.1 Å². The first kappa shape index (κ1) is 14.6. The third kappa shape index (κ3) is 3.65. The van der Waals surface area contributed by atoms with Crippen LogP contribution < -0.4 is 16.0 Å². The Labute approximate surface area is 132 Å². The minimum absolute atomic E-state index is 0.167. The SMILES string of the molecule is CC(=O)Nc1cccc(NC(=O)Nc2ccc3cn[nH]c3c2)c1. The van der Waals surface area contributed by atoms with E-state index in [0.717, 1.165) is 10.9 Å². The summed E-state index contributed by atoms with van der Waals surface area (Å²) in [7, 11) is 0. The maximum absolute atomic E-state index is 12.1. The van der Waals surface area contributed by atoms with Crippen LogP contribution in [0.25, 0.3) is 10.9 Å². The highest BCUT2D eigenvalue weighted by atomic mass is 16.2. The lowest BCUT2D eigenvalue weighted by molar-refractivity contribution is -0.114. The summed E-state index contributed by atoms with van der Waals surface area (Å²) in [5.74, 6) is -0.167. The molecule has 0 aliphatic heterocycles. The van der Waals surface area contributed by atoms with Gasteiger partial charge in [0, 0.05) is 29.4 Å². The number of hydrogen-bond acceptors (Lipinski definition) is 3. The van der Waals surface area contributed by atoms with Gasteiger partial charge in [0.1, 0.15) is 0 Å². The van der Waals surface area contributed by atoms with Gasteiger partial charge in [-0.3, -0.25) is 9.89 Å². The maximum Gasteiger partial charge on any atom is 0.323 e. The third-order valence-corrected chi connectivity index (χ3v) is 3.14. The van der Waals surface area contributed by atoms with Gasteiger partial charge >= 0.3 is 6.03 Å². The Bertz CT molecular complexity index is 872. The topological polar surface area (TPSA) is 98.9 Å². The Balaban J connectivity index is 1.67. The van der Waals surface area contributed by atoms with Crippen LogP contribution in [-0.2, 0) is 4.79 Å². The molecule has 0 radical (unpaired) electrons. The molecule has 116 valence electrons. The van der Waals surface area contributed by atoms with Crippen LogP contribution in [0.15, 0.2) is 48.7 Å². The monoisotopic (exact) mass is 309 g/mol. The Morgan fingerprint density at radius 2 is 1.65 bits per heavy atom. The van der Waals surface area contributed by atoms with Gasteiger partial charge in [-0.15, -0.1) is 0 Å². The van der Waals surface area contributed by atoms with Gasteiger partial charge in [-0.05, 0) is 36.4 Å². The fraction of sp³-hybridized carbons (Fsp3) is 0.0625. The average Bonchev–Trinajstić information content (AvgIpc) is 2.94. The van der Waals surface area contributed by atoms with Crippen LogP contribution >= 0.6 is 0 Å². The molecule has 1 heterocycles. The van der Waals surface area contributed by atoms with Crippen molar-refractivity contribution in [1.82, 2.24) is 10.2 Å². The highest BCUT2D eigenvalue weighted by Gasteiger charge is 2.05. The van der Waals surface area contributed by atoms with E-state index in [9.17, 15) is 9.59 Å². The molecule has 0 bridgehead atoms. The van der Waals surface area contributed by atoms with Crippen molar-refractivity contribution in [3.8, 4) is 0 Å². The first-order chi connectivity index (χ1) is 11.1. The lowest BCUT2D eigenvalue weighted by atomic mass is 10.2. The fourth-order valence-corrected chi connectivity index (χ4v) is 2.19. The van der Waals surface area contributed by atoms with Crippen LogP contribution in [0, 0.1) is 0 Å². The minimum atomic E-state index is -0.371. The number of aromatic amines is 1. The Hall–Kier alpha value is -3.35. The summed E-state index contributed by atoms with van der Waals surface area (Å²) in [6, 6.07) is 12.0. The van der Waals surface area contributed by atoms with Gasteiger partial charge < -0.3 is 16.0 Å². The van der Waals surface area contributed by atoms with Crippen LogP contribution in [0.1, 0.15) is 6.92 Å². The maximum atomic E-state index is 12.1. The number of amides is 3. The molecule has 0 saturated heterocycles. The number of rotatable bonds is 3. The third-order valence-electron chi connectivity index (χ3n) is 3.14.